The van der Waals surface area contributed by atoms with E-state index in [1.807, 2.05) is 43.3 Å². The fourth-order valence-corrected chi connectivity index (χ4v) is 5.06. The summed E-state index contributed by atoms with van der Waals surface area (Å²) >= 11 is 0. The number of ether oxygens (including phenoxy) is 1. The summed E-state index contributed by atoms with van der Waals surface area (Å²) in [5.74, 6) is -1.46. The number of nitrogens with one attached hydrogen (secondary N) is 1. The molecule has 2 aromatic carbocycles. The third kappa shape index (κ3) is 4.19. The number of likely N-dealkylation sites (tertiary alicyclic amines) is 1. The van der Waals surface area contributed by atoms with Gasteiger partial charge in [-0.15, -0.1) is 0 Å². The Morgan fingerprint density at radius 3 is 2.30 bits per heavy atom. The van der Waals surface area contributed by atoms with Gasteiger partial charge in [-0.2, -0.15) is 0 Å². The zero-order valence-electron chi connectivity index (χ0n) is 19.0. The maximum atomic E-state index is 13.2. The van der Waals surface area contributed by atoms with Gasteiger partial charge in [-0.25, -0.2) is 9.59 Å². The molecule has 1 aliphatic heterocycles. The minimum absolute atomic E-state index is 0.0719. The Balaban J connectivity index is 1.44. The van der Waals surface area contributed by atoms with Gasteiger partial charge in [-0.1, -0.05) is 61.9 Å². The van der Waals surface area contributed by atoms with Crippen LogP contribution < -0.4 is 5.32 Å². The van der Waals surface area contributed by atoms with Crippen LogP contribution in [0, 0.1) is 0 Å². The number of carbonyl (C=O) groups excluding carboxylic acids is 2. The maximum Gasteiger partial charge on any atom is 0.407 e. The lowest BCUT2D eigenvalue weighted by atomic mass is 9.98. The molecule has 174 valence electrons. The van der Waals surface area contributed by atoms with Crippen molar-refractivity contribution >= 4 is 18.0 Å². The lowest BCUT2D eigenvalue weighted by Gasteiger charge is -2.34. The lowest BCUT2D eigenvalue weighted by Crippen LogP contribution is -2.57. The minimum atomic E-state index is -1.24. The Morgan fingerprint density at radius 2 is 1.73 bits per heavy atom. The standard InChI is InChI=1S/C26H30N2O5/c1-3-9-22(23(29)28-15-8-14-26(28,2)24(30)31)27-25(32)33-16-21-19-12-6-4-10-17(19)18-11-5-7-13-20(18)21/h4-7,10-13,21-22H,3,8-9,14-16H2,1-2H3,(H,27,32)(H,30,31)/t22-,26?/m0/s1. The van der Waals surface area contributed by atoms with Gasteiger partial charge < -0.3 is 20.1 Å². The summed E-state index contributed by atoms with van der Waals surface area (Å²) < 4.78 is 5.59. The summed E-state index contributed by atoms with van der Waals surface area (Å²) in [7, 11) is 0. The first kappa shape index (κ1) is 22.8. The fourth-order valence-electron chi connectivity index (χ4n) is 5.06. The highest BCUT2D eigenvalue weighted by Crippen LogP contribution is 2.44. The molecule has 0 bridgehead atoms. The Morgan fingerprint density at radius 1 is 1.12 bits per heavy atom. The molecule has 7 heteroatoms. The van der Waals surface area contributed by atoms with E-state index in [1.165, 1.54) is 4.90 Å². The Hall–Kier alpha value is -3.35. The fraction of sp³-hybridized carbons (Fsp3) is 0.423. The van der Waals surface area contributed by atoms with Gasteiger partial charge in [-0.05, 0) is 48.4 Å². The number of hydrogen-bond donors (Lipinski definition) is 2. The second-order valence-electron chi connectivity index (χ2n) is 8.98. The van der Waals surface area contributed by atoms with E-state index < -0.39 is 23.6 Å². The Bertz CT molecular complexity index is 1020. The molecule has 7 nitrogen and oxygen atoms in total. The molecule has 2 atom stereocenters. The number of benzene rings is 2. The van der Waals surface area contributed by atoms with Crippen LogP contribution in [0.15, 0.2) is 48.5 Å². The Kier molecular flexibility index (Phi) is 6.40. The monoisotopic (exact) mass is 450 g/mol. The molecule has 2 aliphatic rings. The summed E-state index contributed by atoms with van der Waals surface area (Å²) in [4.78, 5) is 39.0. The Labute approximate surface area is 193 Å². The number of hydrogen-bond acceptors (Lipinski definition) is 4. The van der Waals surface area contributed by atoms with Crippen molar-refractivity contribution in [2.45, 2.75) is 57.0 Å². The van der Waals surface area contributed by atoms with Gasteiger partial charge in [-0.3, -0.25) is 4.79 Å². The van der Waals surface area contributed by atoms with Crippen molar-refractivity contribution in [3.8, 4) is 11.1 Å². The van der Waals surface area contributed by atoms with Crippen LogP contribution in [0.25, 0.3) is 11.1 Å². The van der Waals surface area contributed by atoms with E-state index in [1.54, 1.807) is 6.92 Å². The number of amides is 2. The first-order valence-electron chi connectivity index (χ1n) is 11.5. The summed E-state index contributed by atoms with van der Waals surface area (Å²) in [6.45, 7) is 4.01. The first-order valence-corrected chi connectivity index (χ1v) is 11.5. The molecule has 2 amide bonds. The van der Waals surface area contributed by atoms with Crippen molar-refractivity contribution in [1.29, 1.82) is 0 Å². The van der Waals surface area contributed by atoms with Crippen molar-refractivity contribution in [2.75, 3.05) is 13.2 Å². The van der Waals surface area contributed by atoms with E-state index in [-0.39, 0.29) is 18.4 Å². The third-order valence-corrected chi connectivity index (χ3v) is 6.88. The molecule has 0 radical (unpaired) electrons. The number of aliphatic carboxylic acids is 1. The second-order valence-corrected chi connectivity index (χ2v) is 8.98. The first-order chi connectivity index (χ1) is 15.9. The van der Waals surface area contributed by atoms with Gasteiger partial charge in [0.05, 0.1) is 0 Å². The smallest absolute Gasteiger partial charge is 0.407 e. The van der Waals surface area contributed by atoms with Crippen LogP contribution in [0.1, 0.15) is 56.6 Å². The van der Waals surface area contributed by atoms with Crippen LogP contribution in [-0.4, -0.2) is 52.7 Å². The minimum Gasteiger partial charge on any atom is -0.480 e. The van der Waals surface area contributed by atoms with Crippen molar-refractivity contribution in [3.05, 3.63) is 59.7 Å². The molecular weight excluding hydrogens is 420 g/mol. The molecule has 0 aromatic heterocycles. The van der Waals surface area contributed by atoms with E-state index in [0.29, 0.717) is 32.2 Å². The van der Waals surface area contributed by atoms with E-state index in [0.717, 1.165) is 22.3 Å². The average molecular weight is 451 g/mol. The van der Waals surface area contributed by atoms with Crippen LogP contribution in [0.5, 0.6) is 0 Å². The number of alkyl carbamates (subject to hydrolysis) is 1. The van der Waals surface area contributed by atoms with Crippen LogP contribution in [0.4, 0.5) is 4.79 Å². The highest BCUT2D eigenvalue weighted by atomic mass is 16.5. The molecule has 33 heavy (non-hydrogen) atoms. The van der Waals surface area contributed by atoms with Crippen LogP contribution in [-0.2, 0) is 14.3 Å². The van der Waals surface area contributed by atoms with Crippen molar-refractivity contribution in [3.63, 3.8) is 0 Å². The van der Waals surface area contributed by atoms with Crippen molar-refractivity contribution in [1.82, 2.24) is 10.2 Å². The normalized spacial score (nSPS) is 20.1. The van der Waals surface area contributed by atoms with Gasteiger partial charge in [0, 0.05) is 12.5 Å². The summed E-state index contributed by atoms with van der Waals surface area (Å²) in [5.41, 5.74) is 3.27. The van der Waals surface area contributed by atoms with Crippen LogP contribution in [0.2, 0.25) is 0 Å². The number of nitrogens with zero attached hydrogens (tertiary/aromatic N) is 1. The predicted molar refractivity (Wildman–Crippen MR) is 124 cm³/mol. The highest BCUT2D eigenvalue weighted by Gasteiger charge is 2.47. The molecular formula is C26H30N2O5. The molecule has 1 unspecified atom stereocenters. The molecule has 2 aromatic rings. The quantitative estimate of drug-likeness (QED) is 0.660. The molecule has 1 fully saturated rings. The average Bonchev–Trinajstić information content (AvgIpc) is 3.36. The maximum absolute atomic E-state index is 13.2. The van der Waals surface area contributed by atoms with Crippen molar-refractivity contribution in [2.24, 2.45) is 0 Å². The molecule has 1 aliphatic carbocycles. The summed E-state index contributed by atoms with van der Waals surface area (Å²) in [6, 6.07) is 15.4. The molecule has 2 N–H and O–H groups in total. The van der Waals surface area contributed by atoms with Gasteiger partial charge in [0.2, 0.25) is 5.91 Å². The largest absolute Gasteiger partial charge is 0.480 e. The van der Waals surface area contributed by atoms with Crippen LogP contribution in [0.3, 0.4) is 0 Å². The third-order valence-electron chi connectivity index (χ3n) is 6.88. The van der Waals surface area contributed by atoms with Crippen molar-refractivity contribution < 1.29 is 24.2 Å². The predicted octanol–water partition coefficient (Wildman–Crippen LogP) is 4.16. The van der Waals surface area contributed by atoms with E-state index in [2.05, 4.69) is 17.4 Å². The number of carboxylic acid groups (broad SMARTS) is 1. The highest BCUT2D eigenvalue weighted by molar-refractivity contribution is 5.91. The summed E-state index contributed by atoms with van der Waals surface area (Å²) in [5, 5.41) is 12.3. The van der Waals surface area contributed by atoms with Gasteiger partial charge in [0.1, 0.15) is 18.2 Å². The zero-order valence-corrected chi connectivity index (χ0v) is 19.0. The van der Waals surface area contributed by atoms with E-state index >= 15 is 0 Å². The van der Waals surface area contributed by atoms with Gasteiger partial charge in [0.15, 0.2) is 0 Å². The summed E-state index contributed by atoms with van der Waals surface area (Å²) in [6.07, 6.45) is 1.43. The number of carbonyl (C=O) groups is 3. The van der Waals surface area contributed by atoms with E-state index in [9.17, 15) is 19.5 Å². The number of rotatable bonds is 7. The molecule has 0 saturated carbocycles. The number of fused-ring (bicyclic) bond motifs is 3. The van der Waals surface area contributed by atoms with Crippen LogP contribution >= 0.6 is 0 Å². The molecule has 1 heterocycles. The lowest BCUT2D eigenvalue weighted by molar-refractivity contribution is -0.156. The second kappa shape index (κ2) is 9.25. The van der Waals surface area contributed by atoms with E-state index in [4.69, 9.17) is 4.74 Å². The van der Waals surface area contributed by atoms with Gasteiger partial charge in [0.25, 0.3) is 0 Å². The topological polar surface area (TPSA) is 95.9 Å². The molecule has 4 rings (SSSR count). The SMILES string of the molecule is CCC[C@H](NC(=O)OCC1c2ccccc2-c2ccccc21)C(=O)N1CCCC1(C)C(=O)O. The zero-order chi connectivity index (χ0) is 23.6. The molecule has 0 spiro atoms. The number of carboxylic acids is 1. The molecule has 1 saturated heterocycles. The van der Waals surface area contributed by atoms with Gasteiger partial charge >= 0.3 is 12.1 Å².